The number of nitrogens with one attached hydrogen (secondary N) is 2. The summed E-state index contributed by atoms with van der Waals surface area (Å²) in [6.45, 7) is 6.36. The zero-order chi connectivity index (χ0) is 18.0. The van der Waals surface area contributed by atoms with E-state index < -0.39 is 0 Å². The Morgan fingerprint density at radius 2 is 2.12 bits per heavy atom. The highest BCUT2D eigenvalue weighted by Crippen LogP contribution is 2.38. The van der Waals surface area contributed by atoms with Crippen LogP contribution >= 0.6 is 0 Å². The molecule has 0 spiro atoms. The molecule has 1 saturated heterocycles. The molecular weight excluding hydrogens is 312 g/mol. The number of rotatable bonds is 4. The first-order valence-corrected chi connectivity index (χ1v) is 9.63. The lowest BCUT2D eigenvalue weighted by Crippen LogP contribution is -2.58. The van der Waals surface area contributed by atoms with Crippen LogP contribution in [0.25, 0.3) is 0 Å². The topological polar surface area (TPSA) is 58.2 Å². The molecule has 3 rings (SSSR count). The minimum absolute atomic E-state index is 0.0793. The summed E-state index contributed by atoms with van der Waals surface area (Å²) in [4.78, 5) is 24.7. The van der Waals surface area contributed by atoms with Gasteiger partial charge < -0.3 is 10.6 Å². The van der Waals surface area contributed by atoms with Crippen LogP contribution in [0.5, 0.6) is 0 Å². The van der Waals surface area contributed by atoms with Crippen molar-refractivity contribution in [2.75, 3.05) is 0 Å². The van der Waals surface area contributed by atoms with E-state index >= 15 is 0 Å². The lowest BCUT2D eigenvalue weighted by molar-refractivity contribution is -0.133. The van der Waals surface area contributed by atoms with Gasteiger partial charge in [-0.05, 0) is 50.0 Å². The maximum atomic E-state index is 12.4. The monoisotopic (exact) mass is 342 g/mol. The van der Waals surface area contributed by atoms with Crippen LogP contribution in [0.1, 0.15) is 50.7 Å². The lowest BCUT2D eigenvalue weighted by Gasteiger charge is -2.46. The third-order valence-electron chi connectivity index (χ3n) is 6.13. The highest BCUT2D eigenvalue weighted by atomic mass is 16.2. The Bertz CT molecular complexity index is 643. The van der Waals surface area contributed by atoms with Crippen molar-refractivity contribution in [1.29, 1.82) is 0 Å². The van der Waals surface area contributed by atoms with Crippen molar-refractivity contribution >= 4 is 11.8 Å². The number of amides is 2. The Balaban J connectivity index is 1.56. The summed E-state index contributed by atoms with van der Waals surface area (Å²) in [6, 6.07) is 8.47. The second-order valence-corrected chi connectivity index (χ2v) is 7.90. The molecule has 2 fully saturated rings. The SMILES string of the molecule is CCC1C(=O)NC2CC(NC(=O)Cc3cccc(C)c3)CCC2C1C. The van der Waals surface area contributed by atoms with Crippen molar-refractivity contribution in [3.05, 3.63) is 35.4 Å². The van der Waals surface area contributed by atoms with Gasteiger partial charge in [0.15, 0.2) is 0 Å². The van der Waals surface area contributed by atoms with Crippen LogP contribution in [-0.2, 0) is 16.0 Å². The van der Waals surface area contributed by atoms with E-state index in [4.69, 9.17) is 0 Å². The van der Waals surface area contributed by atoms with E-state index in [2.05, 4.69) is 30.5 Å². The van der Waals surface area contributed by atoms with Crippen molar-refractivity contribution in [3.8, 4) is 0 Å². The molecule has 1 aliphatic heterocycles. The van der Waals surface area contributed by atoms with Crippen molar-refractivity contribution < 1.29 is 9.59 Å². The van der Waals surface area contributed by atoms with E-state index in [1.54, 1.807) is 0 Å². The van der Waals surface area contributed by atoms with Gasteiger partial charge in [0.2, 0.25) is 11.8 Å². The number of hydrogen-bond donors (Lipinski definition) is 2. The molecule has 1 saturated carbocycles. The van der Waals surface area contributed by atoms with Crippen LogP contribution < -0.4 is 10.6 Å². The third-order valence-corrected chi connectivity index (χ3v) is 6.13. The average molecular weight is 342 g/mol. The molecule has 25 heavy (non-hydrogen) atoms. The molecule has 0 radical (unpaired) electrons. The number of aryl methyl sites for hydroxylation is 1. The number of fused-ring (bicyclic) bond motifs is 1. The molecule has 2 amide bonds. The van der Waals surface area contributed by atoms with E-state index in [0.717, 1.165) is 31.2 Å². The zero-order valence-electron chi connectivity index (χ0n) is 15.5. The summed E-state index contributed by atoms with van der Waals surface area (Å²) >= 11 is 0. The molecule has 2 N–H and O–H groups in total. The van der Waals surface area contributed by atoms with Gasteiger partial charge in [-0.3, -0.25) is 9.59 Å². The molecule has 5 unspecified atom stereocenters. The molecule has 4 nitrogen and oxygen atoms in total. The van der Waals surface area contributed by atoms with Crippen LogP contribution in [0.3, 0.4) is 0 Å². The van der Waals surface area contributed by atoms with Gasteiger partial charge in [-0.25, -0.2) is 0 Å². The molecule has 1 aromatic carbocycles. The van der Waals surface area contributed by atoms with Crippen LogP contribution in [0, 0.1) is 24.7 Å². The smallest absolute Gasteiger partial charge is 0.224 e. The fraction of sp³-hybridized carbons (Fsp3) is 0.619. The van der Waals surface area contributed by atoms with Crippen LogP contribution in [0.15, 0.2) is 24.3 Å². The molecule has 1 heterocycles. The van der Waals surface area contributed by atoms with Crippen molar-refractivity contribution in [2.24, 2.45) is 17.8 Å². The highest BCUT2D eigenvalue weighted by molar-refractivity contribution is 5.80. The molecule has 1 aliphatic carbocycles. The second kappa shape index (κ2) is 7.59. The predicted octanol–water partition coefficient (Wildman–Crippen LogP) is 2.98. The van der Waals surface area contributed by atoms with E-state index in [1.807, 2.05) is 25.1 Å². The summed E-state index contributed by atoms with van der Waals surface area (Å²) in [7, 11) is 0. The van der Waals surface area contributed by atoms with E-state index in [1.165, 1.54) is 5.56 Å². The van der Waals surface area contributed by atoms with Crippen LogP contribution in [0.4, 0.5) is 0 Å². The number of carbonyl (C=O) groups is 2. The first-order valence-electron chi connectivity index (χ1n) is 9.63. The van der Waals surface area contributed by atoms with Gasteiger partial charge in [0.1, 0.15) is 0 Å². The Kier molecular flexibility index (Phi) is 5.45. The molecule has 0 bridgehead atoms. The minimum atomic E-state index is 0.0793. The lowest BCUT2D eigenvalue weighted by atomic mass is 9.67. The average Bonchev–Trinajstić information content (AvgIpc) is 2.54. The summed E-state index contributed by atoms with van der Waals surface area (Å²) in [5.41, 5.74) is 2.23. The maximum absolute atomic E-state index is 12.4. The van der Waals surface area contributed by atoms with E-state index in [-0.39, 0.29) is 29.8 Å². The molecular formula is C21H30N2O2. The van der Waals surface area contributed by atoms with Gasteiger partial charge in [-0.2, -0.15) is 0 Å². The number of piperidine rings is 1. The van der Waals surface area contributed by atoms with Crippen molar-refractivity contribution in [2.45, 2.75) is 65.0 Å². The number of hydrogen-bond acceptors (Lipinski definition) is 2. The minimum Gasteiger partial charge on any atom is -0.353 e. The molecule has 136 valence electrons. The first kappa shape index (κ1) is 18.0. The van der Waals surface area contributed by atoms with Gasteiger partial charge in [0.25, 0.3) is 0 Å². The van der Waals surface area contributed by atoms with Gasteiger partial charge in [-0.1, -0.05) is 43.7 Å². The summed E-state index contributed by atoms with van der Waals surface area (Å²) in [5.74, 6) is 1.41. The summed E-state index contributed by atoms with van der Waals surface area (Å²) < 4.78 is 0. The van der Waals surface area contributed by atoms with Crippen molar-refractivity contribution in [1.82, 2.24) is 10.6 Å². The molecule has 5 atom stereocenters. The Labute approximate surface area is 150 Å². The maximum Gasteiger partial charge on any atom is 0.224 e. The van der Waals surface area contributed by atoms with Crippen LogP contribution in [-0.4, -0.2) is 23.9 Å². The number of benzene rings is 1. The zero-order valence-corrected chi connectivity index (χ0v) is 15.5. The largest absolute Gasteiger partial charge is 0.353 e. The quantitative estimate of drug-likeness (QED) is 0.884. The Morgan fingerprint density at radius 3 is 2.84 bits per heavy atom. The summed E-state index contributed by atoms with van der Waals surface area (Å²) in [6.07, 6.45) is 4.28. The second-order valence-electron chi connectivity index (χ2n) is 7.90. The van der Waals surface area contributed by atoms with E-state index in [0.29, 0.717) is 18.3 Å². The molecule has 2 aliphatic rings. The molecule has 0 aromatic heterocycles. The Hall–Kier alpha value is -1.84. The van der Waals surface area contributed by atoms with Gasteiger partial charge in [-0.15, -0.1) is 0 Å². The Morgan fingerprint density at radius 1 is 1.32 bits per heavy atom. The highest BCUT2D eigenvalue weighted by Gasteiger charge is 2.43. The standard InChI is InChI=1S/C21H30N2O2/c1-4-17-14(3)18-9-8-16(12-19(18)23-21(17)25)22-20(24)11-15-7-5-6-13(2)10-15/h5-7,10,14,16-19H,4,8-9,11-12H2,1-3H3,(H,22,24)(H,23,25). The molecule has 4 heteroatoms. The predicted molar refractivity (Wildman–Crippen MR) is 99.0 cm³/mol. The van der Waals surface area contributed by atoms with Crippen LogP contribution in [0.2, 0.25) is 0 Å². The normalized spacial score (nSPS) is 31.8. The summed E-state index contributed by atoms with van der Waals surface area (Å²) in [5, 5.41) is 6.40. The number of carbonyl (C=O) groups excluding carboxylic acids is 2. The molecule has 1 aromatic rings. The first-order chi connectivity index (χ1) is 12.0. The van der Waals surface area contributed by atoms with Gasteiger partial charge in [0, 0.05) is 18.0 Å². The van der Waals surface area contributed by atoms with Gasteiger partial charge in [0.05, 0.1) is 6.42 Å². The van der Waals surface area contributed by atoms with Crippen molar-refractivity contribution in [3.63, 3.8) is 0 Å². The van der Waals surface area contributed by atoms with E-state index in [9.17, 15) is 9.59 Å². The fourth-order valence-corrected chi connectivity index (χ4v) is 4.79. The third kappa shape index (κ3) is 4.05. The fourth-order valence-electron chi connectivity index (χ4n) is 4.79. The van der Waals surface area contributed by atoms with Gasteiger partial charge >= 0.3 is 0 Å².